The maximum atomic E-state index is 14.7. The van der Waals surface area contributed by atoms with Crippen LogP contribution in [-0.4, -0.2) is 18.7 Å². The Kier molecular flexibility index (Phi) is 19.0. The second-order valence-corrected chi connectivity index (χ2v) is 13.0. The van der Waals surface area contributed by atoms with Crippen LogP contribution in [0.4, 0.5) is 8.78 Å². The van der Waals surface area contributed by atoms with Crippen molar-refractivity contribution in [1.82, 2.24) is 0 Å². The molecule has 49 heavy (non-hydrogen) atoms. The number of benzene rings is 3. The molecule has 4 nitrogen and oxygen atoms in total. The minimum absolute atomic E-state index is 0.0536. The van der Waals surface area contributed by atoms with Crippen LogP contribution in [-0.2, 0) is 0 Å². The molecular formula is C43H56F2O4. The van der Waals surface area contributed by atoms with Gasteiger partial charge < -0.3 is 14.2 Å². The SMILES string of the molecule is CCCCCCCCCCCCCCOc1ccc(C(=O)Oc2ccc(C#Cc3ccc(O[C@@H](C)CCCCCC)c(F)c3)cc2)cc1F. The van der Waals surface area contributed by atoms with Gasteiger partial charge in [-0.2, -0.15) is 0 Å². The Bertz CT molecular complexity index is 1440. The Balaban J connectivity index is 1.37. The maximum Gasteiger partial charge on any atom is 0.343 e. The van der Waals surface area contributed by atoms with E-state index < -0.39 is 17.6 Å². The third kappa shape index (κ3) is 15.9. The zero-order valence-corrected chi connectivity index (χ0v) is 30.0. The van der Waals surface area contributed by atoms with Gasteiger partial charge in [-0.05, 0) is 86.8 Å². The minimum Gasteiger partial charge on any atom is -0.491 e. The molecule has 0 aromatic heterocycles. The third-order valence-corrected chi connectivity index (χ3v) is 8.56. The van der Waals surface area contributed by atoms with E-state index in [1.165, 1.54) is 95.2 Å². The normalized spacial score (nSPS) is 11.4. The van der Waals surface area contributed by atoms with Crippen LogP contribution in [0.2, 0.25) is 0 Å². The molecule has 0 saturated heterocycles. The monoisotopic (exact) mass is 674 g/mol. The number of unbranched alkanes of at least 4 members (excludes halogenated alkanes) is 14. The lowest BCUT2D eigenvalue weighted by molar-refractivity contribution is 0.0734. The molecule has 0 spiro atoms. The summed E-state index contributed by atoms with van der Waals surface area (Å²) in [6.07, 6.45) is 20.5. The smallest absolute Gasteiger partial charge is 0.343 e. The molecule has 3 rings (SSSR count). The van der Waals surface area contributed by atoms with Gasteiger partial charge in [0.15, 0.2) is 23.1 Å². The lowest BCUT2D eigenvalue weighted by Gasteiger charge is -2.15. The van der Waals surface area contributed by atoms with E-state index in [9.17, 15) is 13.6 Å². The lowest BCUT2D eigenvalue weighted by Crippen LogP contribution is -2.12. The molecule has 0 aliphatic rings. The molecule has 0 aliphatic heterocycles. The predicted octanol–water partition coefficient (Wildman–Crippen LogP) is 12.4. The summed E-state index contributed by atoms with van der Waals surface area (Å²) in [5, 5.41) is 0. The summed E-state index contributed by atoms with van der Waals surface area (Å²) < 4.78 is 46.2. The molecule has 0 unspecified atom stereocenters. The fourth-order valence-corrected chi connectivity index (χ4v) is 5.60. The molecule has 1 atom stereocenters. The molecule has 0 heterocycles. The molecule has 0 amide bonds. The fourth-order valence-electron chi connectivity index (χ4n) is 5.60. The number of rotatable bonds is 23. The van der Waals surface area contributed by atoms with E-state index in [1.54, 1.807) is 36.4 Å². The van der Waals surface area contributed by atoms with Gasteiger partial charge in [0.2, 0.25) is 0 Å². The molecule has 0 saturated carbocycles. The van der Waals surface area contributed by atoms with Crippen LogP contribution in [0.25, 0.3) is 0 Å². The van der Waals surface area contributed by atoms with Crippen LogP contribution in [0.15, 0.2) is 60.7 Å². The van der Waals surface area contributed by atoms with E-state index in [1.807, 2.05) is 6.92 Å². The van der Waals surface area contributed by atoms with Gasteiger partial charge in [-0.25, -0.2) is 13.6 Å². The van der Waals surface area contributed by atoms with E-state index in [2.05, 4.69) is 25.7 Å². The predicted molar refractivity (Wildman–Crippen MR) is 196 cm³/mol. The first-order chi connectivity index (χ1) is 23.9. The molecule has 0 bridgehead atoms. The Morgan fingerprint density at radius 2 is 1.16 bits per heavy atom. The van der Waals surface area contributed by atoms with Gasteiger partial charge in [0.1, 0.15) is 5.75 Å². The summed E-state index contributed by atoms with van der Waals surface area (Å²) in [5.41, 5.74) is 1.29. The molecule has 3 aromatic carbocycles. The van der Waals surface area contributed by atoms with Crippen molar-refractivity contribution in [3.63, 3.8) is 0 Å². The standard InChI is InChI=1S/C43H56F2O4/c1-4-6-8-10-11-12-13-14-15-16-17-19-31-47-41-30-26-37(33-40(41)45)43(46)49-38-27-23-35(24-28-38)21-22-36-25-29-42(39(44)32-36)48-34(3)20-18-9-7-5-2/h23-30,32-34H,4-20,31H2,1-3H3/t34-/m0/s1. The molecule has 0 N–H and O–H groups in total. The quantitative estimate of drug-likeness (QED) is 0.0435. The van der Waals surface area contributed by atoms with Crippen molar-refractivity contribution < 1.29 is 27.8 Å². The Labute approximate surface area is 294 Å². The summed E-state index contributed by atoms with van der Waals surface area (Å²) in [6.45, 7) is 6.83. The van der Waals surface area contributed by atoms with Crippen LogP contribution >= 0.6 is 0 Å². The van der Waals surface area contributed by atoms with Gasteiger partial charge in [-0.1, -0.05) is 116 Å². The summed E-state index contributed by atoms with van der Waals surface area (Å²) >= 11 is 0. The topological polar surface area (TPSA) is 44.8 Å². The summed E-state index contributed by atoms with van der Waals surface area (Å²) in [5.74, 6) is 4.93. The minimum atomic E-state index is -0.668. The van der Waals surface area contributed by atoms with Crippen molar-refractivity contribution in [3.8, 4) is 29.1 Å². The van der Waals surface area contributed by atoms with Gasteiger partial charge in [0, 0.05) is 11.1 Å². The van der Waals surface area contributed by atoms with E-state index in [4.69, 9.17) is 14.2 Å². The van der Waals surface area contributed by atoms with Crippen molar-refractivity contribution in [3.05, 3.63) is 89.0 Å². The van der Waals surface area contributed by atoms with E-state index in [-0.39, 0.29) is 23.2 Å². The van der Waals surface area contributed by atoms with Crippen molar-refractivity contribution in [2.75, 3.05) is 6.61 Å². The largest absolute Gasteiger partial charge is 0.491 e. The molecule has 6 heteroatoms. The zero-order chi connectivity index (χ0) is 35.1. The summed E-state index contributed by atoms with van der Waals surface area (Å²) in [7, 11) is 0. The van der Waals surface area contributed by atoms with Gasteiger partial charge in [-0.3, -0.25) is 0 Å². The van der Waals surface area contributed by atoms with Crippen LogP contribution in [0, 0.1) is 23.5 Å². The van der Waals surface area contributed by atoms with Gasteiger partial charge >= 0.3 is 5.97 Å². The second kappa shape index (κ2) is 23.5. The summed E-state index contributed by atoms with van der Waals surface area (Å²) in [6, 6.07) is 15.5. The van der Waals surface area contributed by atoms with Crippen molar-refractivity contribution in [2.45, 2.75) is 136 Å². The molecule has 3 aromatic rings. The maximum absolute atomic E-state index is 14.7. The van der Waals surface area contributed by atoms with Crippen molar-refractivity contribution in [1.29, 1.82) is 0 Å². The van der Waals surface area contributed by atoms with Crippen molar-refractivity contribution in [2.24, 2.45) is 0 Å². The third-order valence-electron chi connectivity index (χ3n) is 8.56. The van der Waals surface area contributed by atoms with Crippen LogP contribution in [0.5, 0.6) is 17.2 Å². The van der Waals surface area contributed by atoms with E-state index >= 15 is 0 Å². The van der Waals surface area contributed by atoms with Crippen LogP contribution in [0.1, 0.15) is 151 Å². The molecule has 0 fully saturated rings. The number of carbonyl (C=O) groups is 1. The van der Waals surface area contributed by atoms with E-state index in [0.29, 0.717) is 23.5 Å². The van der Waals surface area contributed by atoms with Crippen LogP contribution in [0.3, 0.4) is 0 Å². The lowest BCUT2D eigenvalue weighted by atomic mass is 10.1. The number of hydrogen-bond donors (Lipinski definition) is 0. The van der Waals surface area contributed by atoms with Crippen molar-refractivity contribution >= 4 is 5.97 Å². The number of ether oxygens (including phenoxy) is 3. The molecule has 0 aliphatic carbocycles. The number of esters is 1. The first-order valence-electron chi connectivity index (χ1n) is 18.6. The van der Waals surface area contributed by atoms with Gasteiger partial charge in [-0.15, -0.1) is 0 Å². The second-order valence-electron chi connectivity index (χ2n) is 13.0. The average Bonchev–Trinajstić information content (AvgIpc) is 3.10. The van der Waals surface area contributed by atoms with Crippen LogP contribution < -0.4 is 14.2 Å². The Morgan fingerprint density at radius 3 is 1.78 bits per heavy atom. The molecule has 266 valence electrons. The first-order valence-corrected chi connectivity index (χ1v) is 18.6. The number of hydrogen-bond acceptors (Lipinski definition) is 4. The average molecular weight is 675 g/mol. The highest BCUT2D eigenvalue weighted by molar-refractivity contribution is 5.91. The Hall–Kier alpha value is -3.85. The summed E-state index contributed by atoms with van der Waals surface area (Å²) in [4.78, 5) is 12.7. The molecular weight excluding hydrogens is 618 g/mol. The first kappa shape index (κ1) is 39.6. The fraction of sp³-hybridized carbons (Fsp3) is 0.512. The molecule has 0 radical (unpaired) electrons. The highest BCUT2D eigenvalue weighted by atomic mass is 19.1. The number of halogens is 2. The zero-order valence-electron chi connectivity index (χ0n) is 30.0. The van der Waals surface area contributed by atoms with Gasteiger partial charge in [0.05, 0.1) is 18.3 Å². The Morgan fingerprint density at radius 1 is 0.633 bits per heavy atom. The van der Waals surface area contributed by atoms with Gasteiger partial charge in [0.25, 0.3) is 0 Å². The highest BCUT2D eigenvalue weighted by Gasteiger charge is 2.13. The number of carbonyl (C=O) groups excluding carboxylic acids is 1. The highest BCUT2D eigenvalue weighted by Crippen LogP contribution is 2.23. The van der Waals surface area contributed by atoms with E-state index in [0.717, 1.165) is 38.2 Å².